The van der Waals surface area contributed by atoms with E-state index >= 15 is 0 Å². The minimum Gasteiger partial charge on any atom is -0.468 e. The van der Waals surface area contributed by atoms with Gasteiger partial charge in [-0.25, -0.2) is 4.79 Å². The molecule has 0 fully saturated rings. The lowest BCUT2D eigenvalue weighted by atomic mass is 9.69. The number of benzene rings is 1. The van der Waals surface area contributed by atoms with Gasteiger partial charge < -0.3 is 19.2 Å². The highest BCUT2D eigenvalue weighted by molar-refractivity contribution is 6.12. The third-order valence-corrected chi connectivity index (χ3v) is 6.42. The van der Waals surface area contributed by atoms with Crippen molar-refractivity contribution in [2.45, 2.75) is 39.5 Å². The quantitative estimate of drug-likeness (QED) is 0.529. The van der Waals surface area contributed by atoms with Crippen molar-refractivity contribution >= 4 is 28.7 Å². The SMILES string of the molecule is CCCOC(=O)C1=C(C)NC2=C(C(=O)C(C(=O)OC)C(C)C2)C1c1coc2ccccc2c1=O. The summed E-state index contributed by atoms with van der Waals surface area (Å²) in [4.78, 5) is 52.9. The van der Waals surface area contributed by atoms with Crippen LogP contribution in [0.25, 0.3) is 11.0 Å². The second-order valence-electron chi connectivity index (χ2n) is 8.69. The number of ketones is 1. The van der Waals surface area contributed by atoms with E-state index in [-0.39, 0.29) is 34.7 Å². The van der Waals surface area contributed by atoms with Gasteiger partial charge in [0.15, 0.2) is 11.2 Å². The van der Waals surface area contributed by atoms with Gasteiger partial charge in [0.1, 0.15) is 11.5 Å². The number of para-hydroxylation sites is 1. The van der Waals surface area contributed by atoms with Crippen molar-refractivity contribution in [3.05, 3.63) is 68.9 Å². The maximum Gasteiger partial charge on any atom is 0.336 e. The Kier molecular flexibility index (Phi) is 6.41. The predicted octanol–water partition coefficient (Wildman–Crippen LogP) is 3.36. The largest absolute Gasteiger partial charge is 0.468 e. The number of hydrogen-bond acceptors (Lipinski definition) is 8. The maximum absolute atomic E-state index is 13.7. The molecule has 0 spiro atoms. The van der Waals surface area contributed by atoms with Crippen LogP contribution in [0.1, 0.15) is 45.1 Å². The van der Waals surface area contributed by atoms with Crippen LogP contribution in [0, 0.1) is 11.8 Å². The van der Waals surface area contributed by atoms with Crippen LogP contribution in [-0.4, -0.2) is 31.4 Å². The number of dihydropyridines is 1. The van der Waals surface area contributed by atoms with Crippen molar-refractivity contribution in [1.29, 1.82) is 0 Å². The lowest BCUT2D eigenvalue weighted by Gasteiger charge is -2.37. The van der Waals surface area contributed by atoms with Crippen molar-refractivity contribution in [2.75, 3.05) is 13.7 Å². The van der Waals surface area contributed by atoms with Gasteiger partial charge in [-0.1, -0.05) is 26.0 Å². The number of ether oxygens (including phenoxy) is 2. The Bertz CT molecular complexity index is 1300. The Morgan fingerprint density at radius 1 is 1.21 bits per heavy atom. The molecule has 3 unspecified atom stereocenters. The van der Waals surface area contributed by atoms with E-state index in [1.165, 1.54) is 13.4 Å². The van der Waals surface area contributed by atoms with Gasteiger partial charge in [-0.05, 0) is 37.8 Å². The van der Waals surface area contributed by atoms with E-state index < -0.39 is 29.6 Å². The third-order valence-electron chi connectivity index (χ3n) is 6.42. The first-order valence-electron chi connectivity index (χ1n) is 11.3. The lowest BCUT2D eigenvalue weighted by Crippen LogP contribution is -2.44. The van der Waals surface area contributed by atoms with E-state index in [0.717, 1.165) is 0 Å². The maximum atomic E-state index is 13.7. The van der Waals surface area contributed by atoms with Crippen LogP contribution in [0.15, 0.2) is 62.3 Å². The van der Waals surface area contributed by atoms with Crippen LogP contribution in [0.3, 0.4) is 0 Å². The summed E-state index contributed by atoms with van der Waals surface area (Å²) in [6, 6.07) is 6.77. The number of methoxy groups -OCH3 is 1. The molecule has 4 rings (SSSR count). The summed E-state index contributed by atoms with van der Waals surface area (Å²) >= 11 is 0. The van der Waals surface area contributed by atoms with Crippen LogP contribution < -0.4 is 10.7 Å². The summed E-state index contributed by atoms with van der Waals surface area (Å²) in [7, 11) is 1.23. The van der Waals surface area contributed by atoms with Gasteiger partial charge in [0.2, 0.25) is 0 Å². The second kappa shape index (κ2) is 9.29. The first-order chi connectivity index (χ1) is 16.3. The van der Waals surface area contributed by atoms with Gasteiger partial charge in [-0.3, -0.25) is 14.4 Å². The van der Waals surface area contributed by atoms with E-state index in [1.807, 2.05) is 6.92 Å². The number of fused-ring (bicyclic) bond motifs is 1. The molecule has 1 aromatic heterocycles. The molecule has 34 heavy (non-hydrogen) atoms. The van der Waals surface area contributed by atoms with Gasteiger partial charge in [0.25, 0.3) is 0 Å². The Hall–Kier alpha value is -3.68. The molecule has 8 nitrogen and oxygen atoms in total. The average Bonchev–Trinajstić information content (AvgIpc) is 2.82. The summed E-state index contributed by atoms with van der Waals surface area (Å²) in [5.74, 6) is -4.13. The molecule has 1 aliphatic heterocycles. The standard InChI is InChI=1S/C26H27NO7/c1-5-10-33-26(31)20-14(3)27-17-11-13(2)19(25(30)32-4)24(29)22(17)21(20)16-12-34-18-9-7-6-8-15(18)23(16)28/h6-9,12-13,19,21,27H,5,10-11H2,1-4H3. The molecule has 0 bridgehead atoms. The molecule has 1 aliphatic carbocycles. The van der Waals surface area contributed by atoms with Crippen molar-refractivity contribution in [2.24, 2.45) is 11.8 Å². The van der Waals surface area contributed by atoms with Crippen molar-refractivity contribution in [3.8, 4) is 0 Å². The van der Waals surface area contributed by atoms with Crippen LogP contribution in [0.4, 0.5) is 0 Å². The third kappa shape index (κ3) is 3.83. The van der Waals surface area contributed by atoms with E-state index in [1.54, 1.807) is 38.1 Å². The highest BCUT2D eigenvalue weighted by Gasteiger charge is 2.48. The van der Waals surface area contributed by atoms with Crippen LogP contribution in [0.2, 0.25) is 0 Å². The molecule has 3 atom stereocenters. The topological polar surface area (TPSA) is 112 Å². The number of nitrogens with one attached hydrogen (secondary N) is 1. The predicted molar refractivity (Wildman–Crippen MR) is 124 cm³/mol. The van der Waals surface area contributed by atoms with Gasteiger partial charge in [0.05, 0.1) is 36.9 Å². The number of hydrogen-bond donors (Lipinski definition) is 1. The first kappa shape index (κ1) is 23.5. The van der Waals surface area contributed by atoms with E-state index in [9.17, 15) is 19.2 Å². The number of carbonyl (C=O) groups is 3. The van der Waals surface area contributed by atoms with Crippen LogP contribution in [0.5, 0.6) is 0 Å². The van der Waals surface area contributed by atoms with E-state index in [0.29, 0.717) is 35.2 Å². The molecule has 2 aliphatic rings. The lowest BCUT2D eigenvalue weighted by molar-refractivity contribution is -0.151. The summed E-state index contributed by atoms with van der Waals surface area (Å²) < 4.78 is 16.0. The van der Waals surface area contributed by atoms with E-state index in [4.69, 9.17) is 13.9 Å². The normalized spacial score (nSPS) is 22.4. The molecule has 178 valence electrons. The summed E-state index contributed by atoms with van der Waals surface area (Å²) in [6.45, 7) is 5.57. The van der Waals surface area contributed by atoms with Gasteiger partial charge in [-0.15, -0.1) is 0 Å². The number of esters is 2. The Balaban J connectivity index is 1.95. The fourth-order valence-corrected chi connectivity index (χ4v) is 4.83. The molecule has 0 saturated heterocycles. The Morgan fingerprint density at radius 2 is 1.94 bits per heavy atom. The molecular formula is C26H27NO7. The summed E-state index contributed by atoms with van der Waals surface area (Å²) in [5, 5.41) is 3.51. The van der Waals surface area contributed by atoms with Crippen LogP contribution in [-0.2, 0) is 23.9 Å². The fourth-order valence-electron chi connectivity index (χ4n) is 4.83. The molecule has 2 aromatic rings. The second-order valence-corrected chi connectivity index (χ2v) is 8.69. The van der Waals surface area contributed by atoms with Crippen molar-refractivity contribution < 1.29 is 28.3 Å². The van der Waals surface area contributed by atoms with Crippen molar-refractivity contribution in [1.82, 2.24) is 5.32 Å². The number of carbonyl (C=O) groups excluding carboxylic acids is 3. The Morgan fingerprint density at radius 3 is 2.65 bits per heavy atom. The summed E-state index contributed by atoms with van der Waals surface area (Å²) in [5.41, 5.74) is 1.61. The minimum atomic E-state index is -1.04. The van der Waals surface area contributed by atoms with Crippen LogP contribution >= 0.6 is 0 Å². The molecule has 0 saturated carbocycles. The van der Waals surface area contributed by atoms with Crippen molar-refractivity contribution in [3.63, 3.8) is 0 Å². The Labute approximate surface area is 196 Å². The molecule has 1 aromatic carbocycles. The monoisotopic (exact) mass is 465 g/mol. The molecule has 0 radical (unpaired) electrons. The molecule has 8 heteroatoms. The van der Waals surface area contributed by atoms with Gasteiger partial charge >= 0.3 is 11.9 Å². The molecular weight excluding hydrogens is 438 g/mol. The molecule has 2 heterocycles. The zero-order valence-corrected chi connectivity index (χ0v) is 19.6. The van der Waals surface area contributed by atoms with E-state index in [2.05, 4.69) is 5.32 Å². The van der Waals surface area contributed by atoms with Gasteiger partial charge in [0, 0.05) is 22.5 Å². The minimum absolute atomic E-state index is 0.141. The summed E-state index contributed by atoms with van der Waals surface area (Å²) in [6.07, 6.45) is 2.29. The number of rotatable bonds is 5. The van der Waals surface area contributed by atoms with Gasteiger partial charge in [-0.2, -0.15) is 0 Å². The zero-order valence-electron chi connectivity index (χ0n) is 19.6. The first-order valence-corrected chi connectivity index (χ1v) is 11.3. The highest BCUT2D eigenvalue weighted by Crippen LogP contribution is 2.45. The highest BCUT2D eigenvalue weighted by atomic mass is 16.5. The zero-order chi connectivity index (χ0) is 24.6. The molecule has 0 amide bonds. The number of allylic oxidation sites excluding steroid dienone is 3. The molecule has 1 N–H and O–H groups in total. The average molecular weight is 466 g/mol. The fraction of sp³-hybridized carbons (Fsp3) is 0.385. The smallest absolute Gasteiger partial charge is 0.336 e. The number of Topliss-reactive ketones (excluding diaryl/α,β-unsaturated/α-hetero) is 1.